The first kappa shape index (κ1) is 27.3. The normalized spacial score (nSPS) is 11.5. The minimum Gasteiger partial charge on any atom is -0.508 e. The Morgan fingerprint density at radius 2 is 1.62 bits per heavy atom. The molecule has 9 nitrogen and oxygen atoms in total. The van der Waals surface area contributed by atoms with E-state index < -0.39 is 29.6 Å². The van der Waals surface area contributed by atoms with Crippen molar-refractivity contribution in [2.75, 3.05) is 10.6 Å². The summed E-state index contributed by atoms with van der Waals surface area (Å²) in [5, 5.41) is 12.7. The second-order valence-electron chi connectivity index (χ2n) is 8.67. The number of aromatic hydroxyl groups is 1. The van der Waals surface area contributed by atoms with Gasteiger partial charge in [0.2, 0.25) is 5.91 Å². The zero-order valence-electron chi connectivity index (χ0n) is 20.9. The first-order valence-corrected chi connectivity index (χ1v) is 12.8. The predicted molar refractivity (Wildman–Crippen MR) is 147 cm³/mol. The number of nitrogens with two attached hydrogens (primary N) is 2. The van der Waals surface area contributed by atoms with E-state index in [1.54, 1.807) is 24.3 Å². The van der Waals surface area contributed by atoms with Gasteiger partial charge in [-0.1, -0.05) is 43.3 Å². The zero-order valence-corrected chi connectivity index (χ0v) is 21.7. The minimum atomic E-state index is -1.22. The molecule has 0 bridgehead atoms. The summed E-state index contributed by atoms with van der Waals surface area (Å²) in [6, 6.07) is 17.4. The highest BCUT2D eigenvalue weighted by atomic mass is 32.1. The molecule has 0 aliphatic carbocycles. The SMILES string of the molecule is CCc1ccc(N(C(=O)c2snc(C(N)=O)c2N)[C@H](C(=O)NCc2ccc(F)cc2)c2ccc(O)cc2)cc1. The molecule has 6 N–H and O–H groups in total. The molecule has 1 heterocycles. The Bertz CT molecular complexity index is 1490. The highest BCUT2D eigenvalue weighted by molar-refractivity contribution is 7.09. The van der Waals surface area contributed by atoms with Gasteiger partial charge in [0.05, 0.1) is 5.69 Å². The number of halogens is 1. The Morgan fingerprint density at radius 1 is 1.00 bits per heavy atom. The molecule has 1 atom stereocenters. The summed E-state index contributed by atoms with van der Waals surface area (Å²) in [6.07, 6.45) is 0.761. The second kappa shape index (κ2) is 11.7. The summed E-state index contributed by atoms with van der Waals surface area (Å²) in [5.41, 5.74) is 13.5. The lowest BCUT2D eigenvalue weighted by atomic mass is 10.0. The van der Waals surface area contributed by atoms with E-state index in [1.165, 1.54) is 41.3 Å². The van der Waals surface area contributed by atoms with Crippen LogP contribution in [0.15, 0.2) is 72.8 Å². The topological polar surface area (TPSA) is 152 Å². The third-order valence-electron chi connectivity index (χ3n) is 6.09. The van der Waals surface area contributed by atoms with E-state index in [2.05, 4.69) is 9.69 Å². The number of phenols is 1. The first-order valence-electron chi connectivity index (χ1n) is 12.0. The standard InChI is InChI=1S/C28H26FN5O4S/c1-2-16-5-11-20(12-6-16)34(28(38)25-22(30)23(26(31)36)33-39-25)24(18-7-13-21(35)14-8-18)27(37)32-15-17-3-9-19(29)10-4-17/h3-14,24,35H,2,15,30H2,1H3,(H2,31,36)(H,32,37)/t24-/m0/s1. The van der Waals surface area contributed by atoms with E-state index >= 15 is 0 Å². The first-order chi connectivity index (χ1) is 18.7. The van der Waals surface area contributed by atoms with Crippen molar-refractivity contribution in [3.63, 3.8) is 0 Å². The van der Waals surface area contributed by atoms with Crippen molar-refractivity contribution in [2.45, 2.75) is 25.9 Å². The van der Waals surface area contributed by atoms with Crippen LogP contribution in [0.1, 0.15) is 49.8 Å². The number of primary amides is 1. The van der Waals surface area contributed by atoms with E-state index in [4.69, 9.17) is 11.5 Å². The van der Waals surface area contributed by atoms with Crippen LogP contribution >= 0.6 is 11.5 Å². The number of nitrogens with one attached hydrogen (secondary N) is 1. The molecule has 39 heavy (non-hydrogen) atoms. The van der Waals surface area contributed by atoms with Crippen LogP contribution in [-0.2, 0) is 17.8 Å². The van der Waals surface area contributed by atoms with Gasteiger partial charge in [-0.05, 0) is 71.0 Å². The fraction of sp³-hybridized carbons (Fsp3) is 0.143. The van der Waals surface area contributed by atoms with Gasteiger partial charge >= 0.3 is 0 Å². The predicted octanol–water partition coefficient (Wildman–Crippen LogP) is 3.94. The summed E-state index contributed by atoms with van der Waals surface area (Å²) >= 11 is 0.707. The number of aromatic nitrogens is 1. The second-order valence-corrected chi connectivity index (χ2v) is 9.45. The molecule has 3 amide bonds. The number of carbonyl (C=O) groups is 3. The molecule has 4 rings (SSSR count). The van der Waals surface area contributed by atoms with Gasteiger partial charge in [-0.2, -0.15) is 4.37 Å². The largest absolute Gasteiger partial charge is 0.508 e. The van der Waals surface area contributed by atoms with Gasteiger partial charge in [-0.3, -0.25) is 19.3 Å². The van der Waals surface area contributed by atoms with Crippen LogP contribution in [0.25, 0.3) is 0 Å². The summed E-state index contributed by atoms with van der Waals surface area (Å²) in [7, 11) is 0. The van der Waals surface area contributed by atoms with Gasteiger partial charge in [-0.15, -0.1) is 0 Å². The molecule has 4 aromatic rings. The molecule has 1 aromatic heterocycles. The van der Waals surface area contributed by atoms with Crippen molar-refractivity contribution in [2.24, 2.45) is 5.73 Å². The van der Waals surface area contributed by atoms with Crippen LogP contribution in [0, 0.1) is 5.82 Å². The van der Waals surface area contributed by atoms with E-state index in [-0.39, 0.29) is 28.6 Å². The van der Waals surface area contributed by atoms with Gasteiger partial charge < -0.3 is 21.9 Å². The van der Waals surface area contributed by atoms with Crippen molar-refractivity contribution in [3.05, 3.63) is 106 Å². The number of nitrogen functional groups attached to an aromatic ring is 1. The quantitative estimate of drug-likeness (QED) is 0.249. The van der Waals surface area contributed by atoms with Gasteiger partial charge in [0.15, 0.2) is 5.69 Å². The fourth-order valence-corrected chi connectivity index (χ4v) is 4.72. The van der Waals surface area contributed by atoms with Gasteiger partial charge in [-0.25, -0.2) is 4.39 Å². The molecule has 0 aliphatic rings. The molecule has 0 saturated heterocycles. The molecule has 0 saturated carbocycles. The molecule has 11 heteroatoms. The number of phenolic OH excluding ortho intramolecular Hbond substituents is 1. The number of nitrogens with zero attached hydrogens (tertiary/aromatic N) is 2. The molecule has 200 valence electrons. The van der Waals surface area contributed by atoms with Crippen LogP contribution in [0.5, 0.6) is 5.75 Å². The lowest BCUT2D eigenvalue weighted by Gasteiger charge is -2.31. The maximum Gasteiger partial charge on any atom is 0.273 e. The summed E-state index contributed by atoms with van der Waals surface area (Å²) < 4.78 is 17.3. The Balaban J connectivity index is 1.81. The highest BCUT2D eigenvalue weighted by Gasteiger charge is 2.36. The average molecular weight is 548 g/mol. The molecular weight excluding hydrogens is 521 g/mol. The zero-order chi connectivity index (χ0) is 28.1. The maximum absolute atomic E-state index is 14.0. The van der Waals surface area contributed by atoms with Crippen LogP contribution in [0.3, 0.4) is 0 Å². The number of hydrogen-bond donors (Lipinski definition) is 4. The van der Waals surface area contributed by atoms with Crippen molar-refractivity contribution < 1.29 is 23.9 Å². The number of benzene rings is 3. The van der Waals surface area contributed by atoms with E-state index in [0.717, 1.165) is 12.0 Å². The van der Waals surface area contributed by atoms with Gasteiger partial charge in [0, 0.05) is 12.2 Å². The van der Waals surface area contributed by atoms with Crippen LogP contribution in [-0.4, -0.2) is 27.2 Å². The third kappa shape index (κ3) is 6.04. The van der Waals surface area contributed by atoms with Crippen LogP contribution in [0.4, 0.5) is 15.8 Å². The van der Waals surface area contributed by atoms with Crippen molar-refractivity contribution >= 4 is 40.6 Å². The molecule has 0 fully saturated rings. The molecule has 0 aliphatic heterocycles. The number of amides is 3. The van der Waals surface area contributed by atoms with Crippen LogP contribution in [0.2, 0.25) is 0 Å². The maximum atomic E-state index is 14.0. The lowest BCUT2D eigenvalue weighted by Crippen LogP contribution is -2.44. The Hall–Kier alpha value is -4.77. The molecular formula is C28H26FN5O4S. The number of hydrogen-bond acceptors (Lipinski definition) is 7. The summed E-state index contributed by atoms with van der Waals surface area (Å²) in [4.78, 5) is 40.8. The monoisotopic (exact) mass is 547 g/mol. The van der Waals surface area contributed by atoms with Gasteiger partial charge in [0.25, 0.3) is 11.8 Å². The fourth-order valence-electron chi connectivity index (χ4n) is 3.98. The molecule has 0 spiro atoms. The summed E-state index contributed by atoms with van der Waals surface area (Å²) in [5.74, 6) is -2.52. The Morgan fingerprint density at radius 3 is 2.18 bits per heavy atom. The van der Waals surface area contributed by atoms with E-state index in [1.807, 2.05) is 19.1 Å². The highest BCUT2D eigenvalue weighted by Crippen LogP contribution is 2.34. The van der Waals surface area contributed by atoms with Crippen molar-refractivity contribution in [3.8, 4) is 5.75 Å². The molecule has 3 aromatic carbocycles. The molecule has 0 radical (unpaired) electrons. The van der Waals surface area contributed by atoms with Crippen LogP contribution < -0.4 is 21.7 Å². The smallest absolute Gasteiger partial charge is 0.273 e. The number of carbonyl (C=O) groups excluding carboxylic acids is 3. The number of rotatable bonds is 9. The average Bonchev–Trinajstić information content (AvgIpc) is 3.33. The lowest BCUT2D eigenvalue weighted by molar-refractivity contribution is -0.122. The number of aryl methyl sites for hydroxylation is 1. The van der Waals surface area contributed by atoms with E-state index in [9.17, 15) is 23.9 Å². The Labute approximate surface area is 228 Å². The van der Waals surface area contributed by atoms with Crippen molar-refractivity contribution in [1.29, 1.82) is 0 Å². The van der Waals surface area contributed by atoms with Crippen molar-refractivity contribution in [1.82, 2.24) is 9.69 Å². The summed E-state index contributed by atoms with van der Waals surface area (Å²) in [6.45, 7) is 2.06. The van der Waals surface area contributed by atoms with Gasteiger partial charge in [0.1, 0.15) is 22.5 Å². The van der Waals surface area contributed by atoms with E-state index in [0.29, 0.717) is 28.3 Å². The number of anilines is 2. The molecule has 0 unspecified atom stereocenters. The Kier molecular flexibility index (Phi) is 8.21. The third-order valence-corrected chi connectivity index (χ3v) is 6.94. The minimum absolute atomic E-state index is 0.0211.